The molecule has 2 aromatic heterocycles. The Balaban J connectivity index is 2.10. The largest absolute Gasteiger partial charge is 0.285 e. The number of para-hydroxylation sites is 1. The second-order valence-corrected chi connectivity index (χ2v) is 3.95. The van der Waals surface area contributed by atoms with Crippen LogP contribution in [0.1, 0.15) is 16.2 Å². The van der Waals surface area contributed by atoms with Crippen LogP contribution in [0.5, 0.6) is 0 Å². The molecule has 0 amide bonds. The van der Waals surface area contributed by atoms with E-state index in [0.717, 1.165) is 10.9 Å². The minimum absolute atomic E-state index is 0.173. The molecule has 3 aromatic rings. The second kappa shape index (κ2) is 4.03. The maximum Gasteiger partial charge on any atom is 0.231 e. The quantitative estimate of drug-likeness (QED) is 0.636. The van der Waals surface area contributed by atoms with Crippen molar-refractivity contribution >= 4 is 16.7 Å². The van der Waals surface area contributed by atoms with E-state index in [0.29, 0.717) is 11.4 Å². The van der Waals surface area contributed by atoms with Crippen LogP contribution < -0.4 is 0 Å². The highest BCUT2D eigenvalue weighted by Crippen LogP contribution is 2.14. The number of hydrogen-bond acceptors (Lipinski definition) is 4. The molecule has 0 atom stereocenters. The summed E-state index contributed by atoms with van der Waals surface area (Å²) in [5.41, 5.74) is 1.39. The van der Waals surface area contributed by atoms with Crippen LogP contribution in [0.2, 0.25) is 0 Å². The zero-order valence-corrected chi connectivity index (χ0v) is 9.74. The van der Waals surface area contributed by atoms with Crippen molar-refractivity contribution in [2.75, 3.05) is 0 Å². The summed E-state index contributed by atoms with van der Waals surface area (Å²) >= 11 is 0. The van der Waals surface area contributed by atoms with Gasteiger partial charge in [0.2, 0.25) is 5.78 Å². The minimum atomic E-state index is -0.173. The Labute approximate surface area is 103 Å². The van der Waals surface area contributed by atoms with E-state index < -0.39 is 0 Å². The molecule has 0 spiro atoms. The maximum atomic E-state index is 12.2. The van der Waals surface area contributed by atoms with Crippen LogP contribution >= 0.6 is 0 Å². The maximum absolute atomic E-state index is 12.2. The minimum Gasteiger partial charge on any atom is -0.285 e. The Bertz CT molecular complexity index is 732. The van der Waals surface area contributed by atoms with Gasteiger partial charge in [0.25, 0.3) is 0 Å². The van der Waals surface area contributed by atoms with Crippen molar-refractivity contribution in [2.45, 2.75) is 0 Å². The van der Waals surface area contributed by atoms with Crippen LogP contribution in [0.15, 0.2) is 42.9 Å². The molecule has 0 bridgehead atoms. The van der Waals surface area contributed by atoms with Gasteiger partial charge < -0.3 is 0 Å². The van der Waals surface area contributed by atoms with Crippen molar-refractivity contribution in [2.24, 2.45) is 7.05 Å². The predicted molar refractivity (Wildman–Crippen MR) is 66.2 cm³/mol. The first-order valence-electron chi connectivity index (χ1n) is 5.49. The van der Waals surface area contributed by atoms with Gasteiger partial charge in [0.05, 0.1) is 5.52 Å². The van der Waals surface area contributed by atoms with Crippen LogP contribution in [0.4, 0.5) is 0 Å². The van der Waals surface area contributed by atoms with E-state index in [1.165, 1.54) is 11.0 Å². The number of benzene rings is 1. The summed E-state index contributed by atoms with van der Waals surface area (Å²) in [7, 11) is 1.69. The molecule has 0 aliphatic heterocycles. The van der Waals surface area contributed by atoms with Crippen LogP contribution in [0.25, 0.3) is 10.9 Å². The van der Waals surface area contributed by atoms with Gasteiger partial charge >= 0.3 is 0 Å². The van der Waals surface area contributed by atoms with Crippen LogP contribution in [0.3, 0.4) is 0 Å². The highest BCUT2D eigenvalue weighted by Gasteiger charge is 2.15. The van der Waals surface area contributed by atoms with Crippen LogP contribution in [0, 0.1) is 0 Å². The van der Waals surface area contributed by atoms with Gasteiger partial charge in [-0.05, 0) is 12.1 Å². The van der Waals surface area contributed by atoms with Crippen LogP contribution in [-0.2, 0) is 7.05 Å². The molecule has 3 rings (SSSR count). The SMILES string of the molecule is Cn1ncnc1C(=O)c1cnc2ccccc2c1. The molecule has 5 nitrogen and oxygen atoms in total. The Kier molecular flexibility index (Phi) is 2.37. The Morgan fingerprint density at radius 1 is 1.22 bits per heavy atom. The summed E-state index contributed by atoms with van der Waals surface area (Å²) in [4.78, 5) is 20.4. The zero-order chi connectivity index (χ0) is 12.5. The number of aromatic nitrogens is 4. The molecule has 1 aromatic carbocycles. The summed E-state index contributed by atoms with van der Waals surface area (Å²) in [6.45, 7) is 0. The number of aryl methyl sites for hydroxylation is 1. The molecule has 18 heavy (non-hydrogen) atoms. The average Bonchev–Trinajstić information content (AvgIpc) is 2.83. The number of carbonyl (C=O) groups is 1. The van der Waals surface area contributed by atoms with Crippen molar-refractivity contribution in [3.8, 4) is 0 Å². The number of pyridine rings is 1. The lowest BCUT2D eigenvalue weighted by Gasteiger charge is -2.01. The molecule has 5 heteroatoms. The van der Waals surface area contributed by atoms with Crippen molar-refractivity contribution in [1.29, 1.82) is 0 Å². The lowest BCUT2D eigenvalue weighted by Crippen LogP contribution is -2.10. The molecule has 0 fully saturated rings. The first-order valence-corrected chi connectivity index (χ1v) is 5.49. The summed E-state index contributed by atoms with van der Waals surface area (Å²) in [6, 6.07) is 9.49. The van der Waals surface area contributed by atoms with Crippen molar-refractivity contribution in [1.82, 2.24) is 19.7 Å². The third-order valence-electron chi connectivity index (χ3n) is 2.77. The van der Waals surface area contributed by atoms with E-state index in [2.05, 4.69) is 15.1 Å². The zero-order valence-electron chi connectivity index (χ0n) is 9.74. The highest BCUT2D eigenvalue weighted by molar-refractivity contribution is 6.07. The molecule has 0 saturated carbocycles. The lowest BCUT2D eigenvalue weighted by atomic mass is 10.1. The molecule has 0 saturated heterocycles. The highest BCUT2D eigenvalue weighted by atomic mass is 16.1. The average molecular weight is 238 g/mol. The fraction of sp³-hybridized carbons (Fsp3) is 0.0769. The van der Waals surface area contributed by atoms with Gasteiger partial charge in [-0.2, -0.15) is 5.10 Å². The number of hydrogen-bond donors (Lipinski definition) is 0. The van der Waals surface area contributed by atoms with Gasteiger partial charge in [-0.25, -0.2) is 9.67 Å². The lowest BCUT2D eigenvalue weighted by molar-refractivity contribution is 0.102. The van der Waals surface area contributed by atoms with Crippen LogP contribution in [-0.4, -0.2) is 25.5 Å². The normalized spacial score (nSPS) is 10.7. The Morgan fingerprint density at radius 2 is 2.06 bits per heavy atom. The molecule has 0 aliphatic rings. The van der Waals surface area contributed by atoms with E-state index in [9.17, 15) is 4.79 Å². The van der Waals surface area contributed by atoms with Crippen molar-refractivity contribution < 1.29 is 4.79 Å². The van der Waals surface area contributed by atoms with E-state index in [-0.39, 0.29) is 5.78 Å². The summed E-state index contributed by atoms with van der Waals surface area (Å²) in [5, 5.41) is 4.83. The first-order chi connectivity index (χ1) is 8.75. The monoisotopic (exact) mass is 238 g/mol. The molecule has 2 heterocycles. The fourth-order valence-electron chi connectivity index (χ4n) is 1.83. The number of rotatable bonds is 2. The Morgan fingerprint density at radius 3 is 2.83 bits per heavy atom. The second-order valence-electron chi connectivity index (χ2n) is 3.95. The first kappa shape index (κ1) is 10.6. The summed E-state index contributed by atoms with van der Waals surface area (Å²) < 4.78 is 1.46. The standard InChI is InChI=1S/C13H10N4O/c1-17-13(15-8-16-17)12(18)10-6-9-4-2-3-5-11(9)14-7-10/h2-8H,1H3. The number of nitrogens with zero attached hydrogens (tertiary/aromatic N) is 4. The molecule has 88 valence electrons. The van der Waals surface area contributed by atoms with Gasteiger partial charge in [-0.1, -0.05) is 18.2 Å². The van der Waals surface area contributed by atoms with E-state index in [1.54, 1.807) is 13.2 Å². The van der Waals surface area contributed by atoms with Gasteiger partial charge in [0.1, 0.15) is 6.33 Å². The molecule has 0 unspecified atom stereocenters. The number of fused-ring (bicyclic) bond motifs is 1. The van der Waals surface area contributed by atoms with E-state index in [1.807, 2.05) is 30.3 Å². The smallest absolute Gasteiger partial charge is 0.231 e. The third kappa shape index (κ3) is 1.66. The molecule has 0 aliphatic carbocycles. The van der Waals surface area contributed by atoms with Gasteiger partial charge in [0, 0.05) is 24.2 Å². The van der Waals surface area contributed by atoms with Crippen molar-refractivity contribution in [3.63, 3.8) is 0 Å². The fourth-order valence-corrected chi connectivity index (χ4v) is 1.83. The van der Waals surface area contributed by atoms with E-state index >= 15 is 0 Å². The molecule has 0 radical (unpaired) electrons. The van der Waals surface area contributed by atoms with Gasteiger partial charge in [-0.15, -0.1) is 0 Å². The third-order valence-corrected chi connectivity index (χ3v) is 2.77. The predicted octanol–water partition coefficient (Wildman–Crippen LogP) is 1.59. The molecular weight excluding hydrogens is 228 g/mol. The summed E-state index contributed by atoms with van der Waals surface area (Å²) in [5.74, 6) is 0.139. The molecular formula is C13H10N4O. The summed E-state index contributed by atoms with van der Waals surface area (Å²) in [6.07, 6.45) is 2.93. The number of carbonyl (C=O) groups excluding carboxylic acids is 1. The van der Waals surface area contributed by atoms with Crippen molar-refractivity contribution in [3.05, 3.63) is 54.2 Å². The van der Waals surface area contributed by atoms with E-state index in [4.69, 9.17) is 0 Å². The van der Waals surface area contributed by atoms with Gasteiger partial charge in [-0.3, -0.25) is 9.78 Å². The molecule has 0 N–H and O–H groups in total. The topological polar surface area (TPSA) is 60.7 Å². The Hall–Kier alpha value is -2.56. The van der Waals surface area contributed by atoms with Gasteiger partial charge in [0.15, 0.2) is 5.82 Å². The number of ketones is 1.